The monoisotopic (exact) mass is 353 g/mol. The summed E-state index contributed by atoms with van der Waals surface area (Å²) in [4.78, 5) is 0. The summed E-state index contributed by atoms with van der Waals surface area (Å²) in [5.41, 5.74) is 2.20. The molecule has 3 rings (SSSR count). The molecule has 0 aliphatic carbocycles. The number of benzene rings is 3. The van der Waals surface area contributed by atoms with Crippen molar-refractivity contribution >= 4 is 22.4 Å². The molecule has 3 aromatic carbocycles. The van der Waals surface area contributed by atoms with Gasteiger partial charge in [-0.2, -0.15) is 0 Å². The Kier molecular flexibility index (Phi) is 5.95. The molecule has 3 heteroatoms. The lowest BCUT2D eigenvalue weighted by molar-refractivity contribution is 0.302. The fourth-order valence-corrected chi connectivity index (χ4v) is 3.08. The van der Waals surface area contributed by atoms with Crippen molar-refractivity contribution in [2.45, 2.75) is 27.0 Å². The molecule has 0 bridgehead atoms. The summed E-state index contributed by atoms with van der Waals surface area (Å²) in [5, 5.41) is 6.74. The van der Waals surface area contributed by atoms with Crippen molar-refractivity contribution in [3.05, 3.63) is 76.8 Å². The molecule has 0 unspecified atom stereocenters. The summed E-state index contributed by atoms with van der Waals surface area (Å²) in [5.74, 6) is 1.53. The molecule has 0 heterocycles. The quantitative estimate of drug-likeness (QED) is 0.578. The van der Waals surface area contributed by atoms with Crippen molar-refractivity contribution < 1.29 is 4.74 Å². The van der Waals surface area contributed by atoms with Crippen LogP contribution in [0.2, 0.25) is 5.02 Å². The molecule has 1 N–H and O–H groups in total. The Morgan fingerprint density at radius 1 is 0.960 bits per heavy atom. The minimum Gasteiger partial charge on any atom is -0.488 e. The van der Waals surface area contributed by atoms with Crippen LogP contribution in [0.25, 0.3) is 10.8 Å². The smallest absolute Gasteiger partial charge is 0.124 e. The fraction of sp³-hybridized carbons (Fsp3) is 0.273. The fourth-order valence-electron chi connectivity index (χ4n) is 2.89. The third-order valence-electron chi connectivity index (χ3n) is 4.19. The Balaban J connectivity index is 1.86. The Labute approximate surface area is 154 Å². The first-order valence-electron chi connectivity index (χ1n) is 8.72. The first-order chi connectivity index (χ1) is 12.1. The van der Waals surface area contributed by atoms with Crippen LogP contribution in [0.1, 0.15) is 25.0 Å². The third-order valence-corrected chi connectivity index (χ3v) is 4.56. The van der Waals surface area contributed by atoms with Crippen molar-refractivity contribution in [1.29, 1.82) is 0 Å². The van der Waals surface area contributed by atoms with Gasteiger partial charge >= 0.3 is 0 Å². The number of ether oxygens (including phenoxy) is 1. The molecule has 0 aromatic heterocycles. The molecule has 3 aromatic rings. The Hall–Kier alpha value is -2.03. The van der Waals surface area contributed by atoms with Gasteiger partial charge in [0.25, 0.3) is 0 Å². The van der Waals surface area contributed by atoms with E-state index in [1.165, 1.54) is 16.3 Å². The SMILES string of the molecule is CC(C)CNCc1c(OCc2ccccc2Cl)ccc2ccccc12. The van der Waals surface area contributed by atoms with Crippen LogP contribution in [0.4, 0.5) is 0 Å². The van der Waals surface area contributed by atoms with E-state index in [1.807, 2.05) is 24.3 Å². The minimum atomic E-state index is 0.467. The molecule has 0 radical (unpaired) electrons. The van der Waals surface area contributed by atoms with Crippen molar-refractivity contribution in [2.75, 3.05) is 6.54 Å². The van der Waals surface area contributed by atoms with E-state index in [-0.39, 0.29) is 0 Å². The molecule has 0 amide bonds. The van der Waals surface area contributed by atoms with Crippen LogP contribution < -0.4 is 10.1 Å². The van der Waals surface area contributed by atoms with E-state index in [2.05, 4.69) is 55.6 Å². The van der Waals surface area contributed by atoms with Crippen molar-refractivity contribution in [3.63, 3.8) is 0 Å². The first kappa shape index (κ1) is 17.8. The van der Waals surface area contributed by atoms with Gasteiger partial charge in [0, 0.05) is 22.7 Å². The second-order valence-electron chi connectivity index (χ2n) is 6.67. The van der Waals surface area contributed by atoms with Crippen LogP contribution >= 0.6 is 11.6 Å². The molecule has 0 saturated carbocycles. The van der Waals surface area contributed by atoms with Gasteiger partial charge in [-0.05, 0) is 35.4 Å². The van der Waals surface area contributed by atoms with Gasteiger partial charge in [-0.1, -0.05) is 74.0 Å². The van der Waals surface area contributed by atoms with Gasteiger partial charge in [0.1, 0.15) is 12.4 Å². The molecular weight excluding hydrogens is 330 g/mol. The van der Waals surface area contributed by atoms with Crippen molar-refractivity contribution in [1.82, 2.24) is 5.32 Å². The maximum atomic E-state index is 6.25. The van der Waals surface area contributed by atoms with Crippen LogP contribution in [0.5, 0.6) is 5.75 Å². The highest BCUT2D eigenvalue weighted by atomic mass is 35.5. The molecule has 0 saturated heterocycles. The van der Waals surface area contributed by atoms with E-state index in [9.17, 15) is 0 Å². The van der Waals surface area contributed by atoms with Crippen molar-refractivity contribution in [2.24, 2.45) is 5.92 Å². The van der Waals surface area contributed by atoms with Crippen LogP contribution in [0, 0.1) is 5.92 Å². The maximum Gasteiger partial charge on any atom is 0.124 e. The van der Waals surface area contributed by atoms with Crippen LogP contribution in [-0.4, -0.2) is 6.54 Å². The summed E-state index contributed by atoms with van der Waals surface area (Å²) in [6, 6.07) is 20.4. The zero-order chi connectivity index (χ0) is 17.6. The zero-order valence-electron chi connectivity index (χ0n) is 14.8. The summed E-state index contributed by atoms with van der Waals surface area (Å²) < 4.78 is 6.15. The number of nitrogens with one attached hydrogen (secondary N) is 1. The average molecular weight is 354 g/mol. The van der Waals surface area contributed by atoms with Crippen LogP contribution in [0.15, 0.2) is 60.7 Å². The van der Waals surface area contributed by atoms with Crippen LogP contribution in [0.3, 0.4) is 0 Å². The summed E-state index contributed by atoms with van der Waals surface area (Å²) in [7, 11) is 0. The van der Waals surface area contributed by atoms with Gasteiger partial charge in [-0.3, -0.25) is 0 Å². The van der Waals surface area contributed by atoms with Gasteiger partial charge in [0.05, 0.1) is 0 Å². The lowest BCUT2D eigenvalue weighted by Crippen LogP contribution is -2.19. The van der Waals surface area contributed by atoms with E-state index in [1.54, 1.807) is 0 Å². The molecule has 0 spiro atoms. The van der Waals surface area contributed by atoms with E-state index < -0.39 is 0 Å². The second-order valence-corrected chi connectivity index (χ2v) is 7.08. The number of rotatable bonds is 7. The number of hydrogen-bond acceptors (Lipinski definition) is 2. The molecular formula is C22H24ClNO. The number of halogens is 1. The maximum absolute atomic E-state index is 6.25. The molecule has 25 heavy (non-hydrogen) atoms. The molecule has 0 atom stereocenters. The molecule has 0 fully saturated rings. The van der Waals surface area contributed by atoms with E-state index >= 15 is 0 Å². The van der Waals surface area contributed by atoms with Gasteiger partial charge in [-0.25, -0.2) is 0 Å². The van der Waals surface area contributed by atoms with E-state index in [4.69, 9.17) is 16.3 Å². The van der Waals surface area contributed by atoms with Crippen molar-refractivity contribution in [3.8, 4) is 5.75 Å². The third kappa shape index (κ3) is 4.53. The molecule has 0 aliphatic rings. The molecule has 0 aliphatic heterocycles. The Bertz CT molecular complexity index is 844. The van der Waals surface area contributed by atoms with Gasteiger partial charge in [0.15, 0.2) is 0 Å². The predicted octanol–water partition coefficient (Wildman–Crippen LogP) is 5.82. The number of hydrogen-bond donors (Lipinski definition) is 1. The standard InChI is InChI=1S/C22H24ClNO/c1-16(2)13-24-14-20-19-9-5-3-7-17(19)11-12-22(20)25-15-18-8-4-6-10-21(18)23/h3-12,16,24H,13-15H2,1-2H3. The molecule has 2 nitrogen and oxygen atoms in total. The Morgan fingerprint density at radius 2 is 1.72 bits per heavy atom. The topological polar surface area (TPSA) is 21.3 Å². The van der Waals surface area contributed by atoms with Gasteiger partial charge < -0.3 is 10.1 Å². The summed E-state index contributed by atoms with van der Waals surface area (Å²) in [6.45, 7) is 6.66. The predicted molar refractivity (Wildman–Crippen MR) is 106 cm³/mol. The average Bonchev–Trinajstić information content (AvgIpc) is 2.61. The highest BCUT2D eigenvalue weighted by molar-refractivity contribution is 6.31. The minimum absolute atomic E-state index is 0.467. The van der Waals surface area contributed by atoms with Crippen LogP contribution in [-0.2, 0) is 13.2 Å². The van der Waals surface area contributed by atoms with Gasteiger partial charge in [-0.15, -0.1) is 0 Å². The highest BCUT2D eigenvalue weighted by Gasteiger charge is 2.10. The first-order valence-corrected chi connectivity index (χ1v) is 9.10. The van der Waals surface area contributed by atoms with E-state index in [0.717, 1.165) is 29.4 Å². The lowest BCUT2D eigenvalue weighted by atomic mass is 10.0. The normalized spacial score (nSPS) is 11.2. The van der Waals surface area contributed by atoms with E-state index in [0.29, 0.717) is 12.5 Å². The summed E-state index contributed by atoms with van der Waals surface area (Å²) in [6.07, 6.45) is 0. The second kappa shape index (κ2) is 8.37. The number of fused-ring (bicyclic) bond motifs is 1. The summed E-state index contributed by atoms with van der Waals surface area (Å²) >= 11 is 6.25. The highest BCUT2D eigenvalue weighted by Crippen LogP contribution is 2.29. The lowest BCUT2D eigenvalue weighted by Gasteiger charge is -2.16. The zero-order valence-corrected chi connectivity index (χ0v) is 15.5. The van der Waals surface area contributed by atoms with Gasteiger partial charge in [0.2, 0.25) is 0 Å². The molecule has 130 valence electrons. The Morgan fingerprint density at radius 3 is 2.52 bits per heavy atom. The largest absolute Gasteiger partial charge is 0.488 e.